The molecule has 2 saturated heterocycles. The third-order valence-electron chi connectivity index (χ3n) is 7.06. The molecule has 16 heteroatoms. The average Bonchev–Trinajstić information content (AvgIpc) is 3.42. The van der Waals surface area contributed by atoms with E-state index in [9.17, 15) is 9.59 Å². The fraction of sp³-hybridized carbons (Fsp3) is 0.423. The number of pyridine rings is 1. The van der Waals surface area contributed by atoms with Gasteiger partial charge in [0, 0.05) is 23.0 Å². The van der Waals surface area contributed by atoms with Crippen molar-refractivity contribution < 1.29 is 28.0 Å². The fourth-order valence-electron chi connectivity index (χ4n) is 4.79. The number of rotatable bonds is 12. The maximum atomic E-state index is 13.1. The molecule has 0 unspecified atom stereocenters. The van der Waals surface area contributed by atoms with E-state index in [0.29, 0.717) is 11.8 Å². The molecule has 0 spiro atoms. The predicted molar refractivity (Wildman–Crippen MR) is 160 cm³/mol. The first-order chi connectivity index (χ1) is 20.3. The first kappa shape index (κ1) is 29.8. The van der Waals surface area contributed by atoms with E-state index in [2.05, 4.69) is 31.1 Å². The molecule has 1 aromatic carbocycles. The summed E-state index contributed by atoms with van der Waals surface area (Å²) < 4.78 is 19.6. The Hall–Kier alpha value is -3.70. The standard InChI is InChI=1S/C26H32N8O6S2/c1-26(2)21(24(36)34(26)40-42-37)32-23(35)20(19-14-41-25(27)31-19)33-39-12-11-38-17-3-4-18-15(13-17)5-10-29-22(18)30-16-6-8-28-9-7-16/h3-5,10,13-14,16,21,28,37H,6-9,11-12H2,1-2H3,(H2,27,31)(H,29,30)(H,32,35)/b33-20-/t21-/m1/s1. The Bertz CT molecular complexity index is 1460. The van der Waals surface area contributed by atoms with Crippen LogP contribution in [0.25, 0.3) is 10.8 Å². The van der Waals surface area contributed by atoms with E-state index in [0.717, 1.165) is 58.9 Å². The zero-order chi connectivity index (χ0) is 29.7. The maximum absolute atomic E-state index is 13.1. The Balaban J connectivity index is 1.19. The maximum Gasteiger partial charge on any atom is 0.276 e. The smallest absolute Gasteiger partial charge is 0.276 e. The van der Waals surface area contributed by atoms with Crippen molar-refractivity contribution in [3.05, 3.63) is 41.5 Å². The molecule has 0 radical (unpaired) electrons. The number of nitrogens with two attached hydrogens (primary N) is 1. The summed E-state index contributed by atoms with van der Waals surface area (Å²) in [5.41, 5.74) is 4.90. The second-order valence-electron chi connectivity index (χ2n) is 10.2. The van der Waals surface area contributed by atoms with Gasteiger partial charge in [0.2, 0.25) is 0 Å². The lowest BCUT2D eigenvalue weighted by Crippen LogP contribution is -2.76. The predicted octanol–water partition coefficient (Wildman–Crippen LogP) is 2.40. The minimum absolute atomic E-state index is 0.0382. The number of nitrogen functional groups attached to an aromatic ring is 1. The molecule has 14 nitrogen and oxygen atoms in total. The van der Waals surface area contributed by atoms with Gasteiger partial charge < -0.3 is 35.8 Å². The number of β-lactam (4-membered cyclic amide) rings is 1. The number of aromatic nitrogens is 2. The number of carbonyl (C=O) groups is 2. The number of thiazole rings is 1. The third-order valence-corrected chi connectivity index (χ3v) is 7.94. The van der Waals surface area contributed by atoms with Gasteiger partial charge in [0.1, 0.15) is 29.9 Å². The number of piperidine rings is 1. The molecule has 1 atom stereocenters. The number of oxime groups is 1. The minimum atomic E-state index is -0.917. The lowest BCUT2D eigenvalue weighted by atomic mass is 9.84. The molecule has 4 heterocycles. The van der Waals surface area contributed by atoms with Crippen molar-refractivity contribution in [3.8, 4) is 5.75 Å². The lowest BCUT2D eigenvalue weighted by molar-refractivity contribution is -0.214. The molecule has 5 rings (SSSR count). The number of carbonyl (C=O) groups excluding carboxylic acids is 2. The molecular weight excluding hydrogens is 584 g/mol. The first-order valence-corrected chi connectivity index (χ1v) is 14.9. The molecule has 2 amide bonds. The van der Waals surface area contributed by atoms with Gasteiger partial charge in [-0.3, -0.25) is 9.59 Å². The van der Waals surface area contributed by atoms with Crippen molar-refractivity contribution >= 4 is 62.9 Å². The van der Waals surface area contributed by atoms with Crippen molar-refractivity contribution in [2.24, 2.45) is 5.16 Å². The van der Waals surface area contributed by atoms with Gasteiger partial charge in [-0.05, 0) is 69.4 Å². The highest BCUT2D eigenvalue weighted by atomic mass is 32.2. The van der Waals surface area contributed by atoms with Gasteiger partial charge >= 0.3 is 0 Å². The number of nitrogens with zero attached hydrogens (tertiary/aromatic N) is 4. The first-order valence-electron chi connectivity index (χ1n) is 13.3. The number of hydrogen-bond acceptors (Lipinski definition) is 14. The van der Waals surface area contributed by atoms with Crippen molar-refractivity contribution in [2.45, 2.75) is 44.3 Å². The molecule has 0 aliphatic carbocycles. The molecule has 42 heavy (non-hydrogen) atoms. The molecule has 2 fully saturated rings. The average molecular weight is 617 g/mol. The van der Waals surface area contributed by atoms with Crippen molar-refractivity contribution in [1.82, 2.24) is 25.7 Å². The number of ether oxygens (including phenoxy) is 1. The normalized spacial score (nSPS) is 18.9. The Morgan fingerprint density at radius 3 is 2.83 bits per heavy atom. The Morgan fingerprint density at radius 2 is 2.12 bits per heavy atom. The molecule has 2 aliphatic rings. The minimum Gasteiger partial charge on any atom is -0.490 e. The van der Waals surface area contributed by atoms with E-state index in [1.54, 1.807) is 25.4 Å². The SMILES string of the molecule is CC1(C)[C@H](NC(=O)/C(=N\OCCOc2ccc3c(NC4CCNCC4)nccc3c2)c2csc(N)n2)C(=O)N1OSO. The Kier molecular flexibility index (Phi) is 9.27. The summed E-state index contributed by atoms with van der Waals surface area (Å²) in [6.45, 7) is 5.54. The molecule has 2 aliphatic heterocycles. The monoisotopic (exact) mass is 616 g/mol. The topological polar surface area (TPSA) is 186 Å². The van der Waals surface area contributed by atoms with Crippen LogP contribution in [-0.4, -0.2) is 81.0 Å². The van der Waals surface area contributed by atoms with Crippen LogP contribution in [0.1, 0.15) is 32.4 Å². The summed E-state index contributed by atoms with van der Waals surface area (Å²) in [5, 5.41) is 18.3. The van der Waals surface area contributed by atoms with E-state index in [1.165, 1.54) is 0 Å². The van der Waals surface area contributed by atoms with Crippen LogP contribution in [0.15, 0.2) is 41.0 Å². The van der Waals surface area contributed by atoms with Gasteiger partial charge in [0.15, 0.2) is 29.8 Å². The number of amides is 2. The Labute approximate surface area is 250 Å². The molecule has 3 aromatic rings. The van der Waals surface area contributed by atoms with Crippen molar-refractivity contribution in [1.29, 1.82) is 0 Å². The molecule has 6 N–H and O–H groups in total. The number of hydrogen-bond donors (Lipinski definition) is 5. The van der Waals surface area contributed by atoms with E-state index < -0.39 is 23.4 Å². The van der Waals surface area contributed by atoms with Crippen LogP contribution in [0.5, 0.6) is 5.75 Å². The summed E-state index contributed by atoms with van der Waals surface area (Å²) in [4.78, 5) is 39.6. The van der Waals surface area contributed by atoms with Gasteiger partial charge in [-0.2, -0.15) is 9.35 Å². The highest BCUT2D eigenvalue weighted by Crippen LogP contribution is 2.34. The molecule has 224 valence electrons. The number of nitrogens with one attached hydrogen (secondary N) is 3. The van der Waals surface area contributed by atoms with Crippen LogP contribution >= 0.6 is 23.7 Å². The van der Waals surface area contributed by atoms with E-state index >= 15 is 0 Å². The van der Waals surface area contributed by atoms with Crippen LogP contribution < -0.4 is 26.4 Å². The van der Waals surface area contributed by atoms with Crippen molar-refractivity contribution in [2.75, 3.05) is 37.4 Å². The van der Waals surface area contributed by atoms with Gasteiger partial charge in [-0.15, -0.1) is 11.3 Å². The van der Waals surface area contributed by atoms with Gasteiger partial charge in [-0.25, -0.2) is 9.97 Å². The number of fused-ring (bicyclic) bond motifs is 1. The lowest BCUT2D eigenvalue weighted by Gasteiger charge is -2.50. The van der Waals surface area contributed by atoms with Crippen LogP contribution in [0.2, 0.25) is 0 Å². The number of benzene rings is 1. The highest BCUT2D eigenvalue weighted by Gasteiger charge is 2.57. The van der Waals surface area contributed by atoms with E-state index in [4.69, 9.17) is 24.1 Å². The van der Waals surface area contributed by atoms with Crippen molar-refractivity contribution in [3.63, 3.8) is 0 Å². The zero-order valence-corrected chi connectivity index (χ0v) is 24.7. The largest absolute Gasteiger partial charge is 0.490 e. The molecule has 0 bridgehead atoms. The van der Waals surface area contributed by atoms with Gasteiger partial charge in [-0.1, -0.05) is 5.16 Å². The van der Waals surface area contributed by atoms with Crippen LogP contribution in [-0.2, 0) is 18.7 Å². The van der Waals surface area contributed by atoms with Crippen LogP contribution in [0.4, 0.5) is 10.9 Å². The fourth-order valence-corrected chi connectivity index (χ4v) is 5.67. The van der Waals surface area contributed by atoms with Gasteiger partial charge in [0.25, 0.3) is 11.8 Å². The van der Waals surface area contributed by atoms with Crippen LogP contribution in [0.3, 0.4) is 0 Å². The summed E-state index contributed by atoms with van der Waals surface area (Å²) >= 11 is 1.18. The number of hydroxylamine groups is 2. The highest BCUT2D eigenvalue weighted by molar-refractivity contribution is 7.88. The summed E-state index contributed by atoms with van der Waals surface area (Å²) in [5.74, 6) is 0.303. The Morgan fingerprint density at radius 1 is 1.31 bits per heavy atom. The second-order valence-corrected chi connectivity index (χ2v) is 11.4. The molecule has 0 saturated carbocycles. The van der Waals surface area contributed by atoms with E-state index in [1.807, 2.05) is 24.3 Å². The van der Waals surface area contributed by atoms with E-state index in [-0.39, 0.29) is 42.1 Å². The summed E-state index contributed by atoms with van der Waals surface area (Å²) in [6.07, 6.45) is 3.88. The quantitative estimate of drug-likeness (QED) is 0.0659. The second kappa shape index (κ2) is 13.1. The molecular formula is C26H32N8O6S2. The summed E-state index contributed by atoms with van der Waals surface area (Å²) in [7, 11) is 0. The molecule has 2 aromatic heterocycles. The van der Waals surface area contributed by atoms with Crippen LogP contribution in [0, 0.1) is 0 Å². The third kappa shape index (κ3) is 6.52. The van der Waals surface area contributed by atoms with Gasteiger partial charge in [0.05, 0.1) is 5.54 Å². The summed E-state index contributed by atoms with van der Waals surface area (Å²) in [6, 6.07) is 7.19. The zero-order valence-electron chi connectivity index (χ0n) is 23.0. The number of anilines is 2.